The van der Waals surface area contributed by atoms with Gasteiger partial charge in [0.2, 0.25) is 0 Å². The van der Waals surface area contributed by atoms with Crippen molar-refractivity contribution in [2.24, 2.45) is 0 Å². The third-order valence-corrected chi connectivity index (χ3v) is 5.74. The molecule has 1 amide bonds. The first-order valence-electron chi connectivity index (χ1n) is 10.8. The zero-order valence-electron chi connectivity index (χ0n) is 18.1. The van der Waals surface area contributed by atoms with Gasteiger partial charge in [-0.15, -0.1) is 0 Å². The van der Waals surface area contributed by atoms with E-state index in [9.17, 15) is 9.59 Å². The molecule has 1 atom stereocenters. The van der Waals surface area contributed by atoms with Crippen LogP contribution in [-0.4, -0.2) is 51.8 Å². The fraction of sp³-hybridized carbons (Fsp3) is 0.375. The lowest BCUT2D eigenvalue weighted by atomic mass is 10.0. The lowest BCUT2D eigenvalue weighted by Gasteiger charge is -2.16. The molecule has 0 radical (unpaired) electrons. The number of aryl methyl sites for hydroxylation is 1. The van der Waals surface area contributed by atoms with Crippen molar-refractivity contribution in [2.75, 3.05) is 20.6 Å². The summed E-state index contributed by atoms with van der Waals surface area (Å²) >= 11 is 0. The smallest absolute Gasteiger partial charge is 0.345 e. The number of hydrogen-bond donors (Lipinski definition) is 1. The van der Waals surface area contributed by atoms with Gasteiger partial charge in [-0.2, -0.15) is 5.10 Å². The van der Waals surface area contributed by atoms with Crippen molar-refractivity contribution in [1.82, 2.24) is 24.6 Å². The highest BCUT2D eigenvalue weighted by atomic mass is 16.2. The van der Waals surface area contributed by atoms with Crippen LogP contribution in [0.15, 0.2) is 59.4 Å². The number of nitrogens with one attached hydrogen (secondary N) is 1. The molecule has 0 saturated carbocycles. The molecule has 31 heavy (non-hydrogen) atoms. The van der Waals surface area contributed by atoms with Crippen LogP contribution in [0.4, 0.5) is 0 Å². The number of fused-ring (bicyclic) bond motifs is 1. The highest BCUT2D eigenvalue weighted by Gasteiger charge is 2.22. The van der Waals surface area contributed by atoms with Crippen molar-refractivity contribution in [2.45, 2.75) is 38.4 Å². The first-order valence-corrected chi connectivity index (χ1v) is 10.8. The summed E-state index contributed by atoms with van der Waals surface area (Å²) < 4.78 is 3.32. The quantitative estimate of drug-likeness (QED) is 0.666. The van der Waals surface area contributed by atoms with Crippen LogP contribution >= 0.6 is 0 Å². The van der Waals surface area contributed by atoms with E-state index in [0.29, 0.717) is 25.1 Å². The van der Waals surface area contributed by atoms with E-state index in [2.05, 4.69) is 10.4 Å². The molecule has 1 N–H and O–H groups in total. The predicted octanol–water partition coefficient (Wildman–Crippen LogP) is 2.41. The summed E-state index contributed by atoms with van der Waals surface area (Å²) in [6.07, 6.45) is 2.17. The number of benzene rings is 2. The van der Waals surface area contributed by atoms with Gasteiger partial charge < -0.3 is 10.2 Å². The van der Waals surface area contributed by atoms with E-state index in [1.807, 2.05) is 73.6 Å². The van der Waals surface area contributed by atoms with E-state index < -0.39 is 0 Å². The molecule has 1 aromatic heterocycles. The van der Waals surface area contributed by atoms with Gasteiger partial charge in [-0.25, -0.2) is 9.48 Å². The van der Waals surface area contributed by atoms with Crippen molar-refractivity contribution in [1.29, 1.82) is 0 Å². The standard InChI is InChI=1S/C24H29N5O2/c1-27(2)15-16-29-24(31)28-14-13-21(11-12-22(28)26-29)25-23(30)20-10-6-9-19(17-20)18-7-4-3-5-8-18/h3-10,17,21H,11-16H2,1-2H3,(H,25,30). The summed E-state index contributed by atoms with van der Waals surface area (Å²) in [6.45, 7) is 1.94. The van der Waals surface area contributed by atoms with Crippen LogP contribution in [0.25, 0.3) is 11.1 Å². The summed E-state index contributed by atoms with van der Waals surface area (Å²) in [5.41, 5.74) is 2.70. The molecule has 0 fully saturated rings. The van der Waals surface area contributed by atoms with Gasteiger partial charge in [0.05, 0.1) is 6.54 Å². The number of nitrogens with zero attached hydrogens (tertiary/aromatic N) is 4. The number of aromatic nitrogens is 3. The third-order valence-electron chi connectivity index (χ3n) is 5.74. The molecule has 0 aliphatic carbocycles. The molecular weight excluding hydrogens is 390 g/mol. The average molecular weight is 420 g/mol. The molecule has 7 nitrogen and oxygen atoms in total. The van der Waals surface area contributed by atoms with Crippen molar-refractivity contribution in [3.05, 3.63) is 76.5 Å². The second-order valence-corrected chi connectivity index (χ2v) is 8.32. The third kappa shape index (κ3) is 4.94. The summed E-state index contributed by atoms with van der Waals surface area (Å²) in [7, 11) is 3.96. The Balaban J connectivity index is 1.41. The number of likely N-dealkylation sites (N-methyl/N-ethyl adjacent to an activating group) is 1. The molecule has 0 spiro atoms. The van der Waals surface area contributed by atoms with Crippen molar-refractivity contribution < 1.29 is 4.79 Å². The number of carbonyl (C=O) groups is 1. The Labute approximate surface area is 182 Å². The molecule has 1 aliphatic rings. The van der Waals surface area contributed by atoms with Crippen LogP contribution in [0.2, 0.25) is 0 Å². The van der Waals surface area contributed by atoms with Crippen molar-refractivity contribution >= 4 is 5.91 Å². The first kappa shape index (κ1) is 21.1. The minimum Gasteiger partial charge on any atom is -0.349 e. The summed E-state index contributed by atoms with van der Waals surface area (Å²) in [5, 5.41) is 7.68. The van der Waals surface area contributed by atoms with E-state index >= 15 is 0 Å². The van der Waals surface area contributed by atoms with Gasteiger partial charge in [0, 0.05) is 31.1 Å². The average Bonchev–Trinajstić information content (AvgIpc) is 2.95. The van der Waals surface area contributed by atoms with Gasteiger partial charge in [0.15, 0.2) is 0 Å². The van der Waals surface area contributed by atoms with Crippen LogP contribution in [0.3, 0.4) is 0 Å². The Morgan fingerprint density at radius 3 is 2.65 bits per heavy atom. The summed E-state index contributed by atoms with van der Waals surface area (Å²) in [5.74, 6) is 0.734. The van der Waals surface area contributed by atoms with Gasteiger partial charge in [-0.05, 0) is 50.2 Å². The van der Waals surface area contributed by atoms with Crippen molar-refractivity contribution in [3.63, 3.8) is 0 Å². The predicted molar refractivity (Wildman–Crippen MR) is 121 cm³/mol. The molecule has 0 saturated heterocycles. The maximum atomic E-state index is 12.9. The van der Waals surface area contributed by atoms with Gasteiger partial charge in [-0.3, -0.25) is 9.36 Å². The van der Waals surface area contributed by atoms with E-state index in [1.54, 1.807) is 9.25 Å². The molecule has 7 heteroatoms. The van der Waals surface area contributed by atoms with Crippen LogP contribution in [-0.2, 0) is 19.5 Å². The Kier molecular flexibility index (Phi) is 6.32. The fourth-order valence-electron chi connectivity index (χ4n) is 3.95. The highest BCUT2D eigenvalue weighted by molar-refractivity contribution is 5.95. The van der Waals surface area contributed by atoms with E-state index in [4.69, 9.17) is 0 Å². The van der Waals surface area contributed by atoms with Crippen LogP contribution in [0.5, 0.6) is 0 Å². The van der Waals surface area contributed by atoms with Gasteiger partial charge >= 0.3 is 5.69 Å². The van der Waals surface area contributed by atoms with E-state index in [1.165, 1.54) is 0 Å². The zero-order valence-corrected chi connectivity index (χ0v) is 18.1. The largest absolute Gasteiger partial charge is 0.349 e. The lowest BCUT2D eigenvalue weighted by molar-refractivity contribution is 0.0933. The van der Waals surface area contributed by atoms with Crippen LogP contribution in [0.1, 0.15) is 29.0 Å². The normalized spacial score (nSPS) is 16.0. The topological polar surface area (TPSA) is 72.2 Å². The van der Waals surface area contributed by atoms with Gasteiger partial charge in [0.1, 0.15) is 5.82 Å². The Morgan fingerprint density at radius 2 is 1.87 bits per heavy atom. The molecule has 0 bridgehead atoms. The molecular formula is C24H29N5O2. The monoisotopic (exact) mass is 419 g/mol. The number of carbonyl (C=O) groups excluding carboxylic acids is 1. The maximum absolute atomic E-state index is 12.9. The maximum Gasteiger partial charge on any atom is 0.345 e. The number of hydrogen-bond acceptors (Lipinski definition) is 4. The molecule has 1 aliphatic heterocycles. The minimum atomic E-state index is -0.0780. The molecule has 162 valence electrons. The van der Waals surface area contributed by atoms with Gasteiger partial charge in [0.25, 0.3) is 5.91 Å². The van der Waals surface area contributed by atoms with Crippen LogP contribution in [0, 0.1) is 0 Å². The second kappa shape index (κ2) is 9.31. The number of rotatable bonds is 6. The lowest BCUT2D eigenvalue weighted by Crippen LogP contribution is -2.36. The van der Waals surface area contributed by atoms with Crippen molar-refractivity contribution in [3.8, 4) is 11.1 Å². The molecule has 3 aromatic rings. The molecule has 4 rings (SSSR count). The van der Waals surface area contributed by atoms with E-state index in [-0.39, 0.29) is 17.6 Å². The highest BCUT2D eigenvalue weighted by Crippen LogP contribution is 2.20. The minimum absolute atomic E-state index is 0.0178. The van der Waals surface area contributed by atoms with E-state index in [0.717, 1.165) is 36.3 Å². The first-order chi connectivity index (χ1) is 15.0. The zero-order chi connectivity index (χ0) is 21.8. The number of amides is 1. The Morgan fingerprint density at radius 1 is 1.10 bits per heavy atom. The fourth-order valence-corrected chi connectivity index (χ4v) is 3.95. The summed E-state index contributed by atoms with van der Waals surface area (Å²) in [4.78, 5) is 27.6. The van der Waals surface area contributed by atoms with Crippen LogP contribution < -0.4 is 11.0 Å². The van der Waals surface area contributed by atoms with Gasteiger partial charge in [-0.1, -0.05) is 42.5 Å². The Hall–Kier alpha value is -3.19. The molecule has 2 heterocycles. The molecule has 1 unspecified atom stereocenters. The SMILES string of the molecule is CN(C)CCn1nc2n(c1=O)CCC(NC(=O)c1cccc(-c3ccccc3)c1)CC2. The second-order valence-electron chi connectivity index (χ2n) is 8.32. The molecule has 2 aromatic carbocycles. The Bertz CT molecular complexity index is 1100. The summed E-state index contributed by atoms with van der Waals surface area (Å²) in [6, 6.07) is 17.7.